The van der Waals surface area contributed by atoms with Crippen LogP contribution in [0.3, 0.4) is 0 Å². The van der Waals surface area contributed by atoms with Crippen LogP contribution in [0.5, 0.6) is 0 Å². The molecular formula is C19H30N2O6. The molecule has 152 valence electrons. The van der Waals surface area contributed by atoms with Crippen molar-refractivity contribution in [2.75, 3.05) is 19.6 Å². The van der Waals surface area contributed by atoms with Crippen LogP contribution < -0.4 is 5.73 Å². The molecule has 1 amide bonds. The largest absolute Gasteiger partial charge is 0.479 e. The number of benzene rings is 1. The summed E-state index contributed by atoms with van der Waals surface area (Å²) in [5.41, 5.74) is 5.43. The highest BCUT2D eigenvalue weighted by Crippen LogP contribution is 2.19. The second kappa shape index (κ2) is 10.2. The van der Waals surface area contributed by atoms with E-state index in [4.69, 9.17) is 20.7 Å². The van der Waals surface area contributed by atoms with Crippen molar-refractivity contribution in [3.8, 4) is 0 Å². The van der Waals surface area contributed by atoms with E-state index in [-0.39, 0.29) is 12.0 Å². The first-order chi connectivity index (χ1) is 12.5. The number of amides is 1. The summed E-state index contributed by atoms with van der Waals surface area (Å²) in [7, 11) is 0. The van der Waals surface area contributed by atoms with Gasteiger partial charge in [0.05, 0.1) is 12.6 Å². The number of carbonyl (C=O) groups excluding carboxylic acids is 1. The molecule has 1 aliphatic rings. The lowest BCUT2D eigenvalue weighted by Crippen LogP contribution is -2.49. The molecule has 8 nitrogen and oxygen atoms in total. The van der Waals surface area contributed by atoms with E-state index in [1.165, 1.54) is 0 Å². The lowest BCUT2D eigenvalue weighted by atomic mass is 9.94. The van der Waals surface area contributed by atoms with Gasteiger partial charge in [0.25, 0.3) is 0 Å². The van der Waals surface area contributed by atoms with Crippen LogP contribution in [0.4, 0.5) is 4.79 Å². The number of ether oxygens (including phenoxy) is 1. The Labute approximate surface area is 159 Å². The lowest BCUT2D eigenvalue weighted by Gasteiger charge is -2.36. The first-order valence-electron chi connectivity index (χ1n) is 8.87. The molecule has 0 aliphatic carbocycles. The average Bonchev–Trinajstić information content (AvgIpc) is 2.60. The molecule has 0 spiro atoms. The van der Waals surface area contributed by atoms with E-state index in [2.05, 4.69) is 0 Å². The van der Waals surface area contributed by atoms with Gasteiger partial charge in [0.15, 0.2) is 6.10 Å². The van der Waals surface area contributed by atoms with Crippen LogP contribution in [0.15, 0.2) is 30.3 Å². The molecule has 1 fully saturated rings. The second-order valence-electron chi connectivity index (χ2n) is 7.43. The summed E-state index contributed by atoms with van der Waals surface area (Å²) >= 11 is 0. The number of rotatable bonds is 3. The number of hydrogen-bond acceptors (Lipinski definition) is 6. The number of carboxylic acid groups (broad SMARTS) is 1. The van der Waals surface area contributed by atoms with Crippen molar-refractivity contribution in [1.82, 2.24) is 4.90 Å². The molecule has 3 atom stereocenters. The summed E-state index contributed by atoms with van der Waals surface area (Å²) < 4.78 is 5.24. The topological polar surface area (TPSA) is 133 Å². The van der Waals surface area contributed by atoms with Crippen molar-refractivity contribution in [2.24, 2.45) is 11.7 Å². The number of piperidine rings is 1. The molecule has 1 aromatic rings. The molecular weight excluding hydrogens is 352 g/mol. The van der Waals surface area contributed by atoms with Crippen molar-refractivity contribution in [1.29, 1.82) is 0 Å². The van der Waals surface area contributed by atoms with E-state index >= 15 is 0 Å². The number of β-amino-alcohol motifs (C(OH)–C–C–N with tert-alkyl or cyclic N) is 1. The van der Waals surface area contributed by atoms with Crippen molar-refractivity contribution in [3.05, 3.63) is 35.9 Å². The van der Waals surface area contributed by atoms with Gasteiger partial charge in [0, 0.05) is 12.5 Å². The minimum Gasteiger partial charge on any atom is -0.479 e. The lowest BCUT2D eigenvalue weighted by molar-refractivity contribution is -0.146. The van der Waals surface area contributed by atoms with Gasteiger partial charge in [0.1, 0.15) is 5.60 Å². The summed E-state index contributed by atoms with van der Waals surface area (Å²) in [6.45, 7) is 6.86. The molecule has 1 aliphatic heterocycles. The number of aliphatic hydroxyl groups is 2. The fraction of sp³-hybridized carbons (Fsp3) is 0.579. The molecule has 5 N–H and O–H groups in total. The highest BCUT2D eigenvalue weighted by atomic mass is 16.6. The zero-order chi connectivity index (χ0) is 20.6. The number of nitrogens with zero attached hydrogens (tertiary/aromatic N) is 1. The molecule has 0 saturated carbocycles. The molecule has 0 bridgehead atoms. The first kappa shape index (κ1) is 22.9. The number of carbonyl (C=O) groups is 2. The molecule has 1 aromatic carbocycles. The third-order valence-corrected chi connectivity index (χ3v) is 4.03. The summed E-state index contributed by atoms with van der Waals surface area (Å²) in [5.74, 6) is -1.13. The van der Waals surface area contributed by atoms with Gasteiger partial charge in [-0.1, -0.05) is 30.3 Å². The van der Waals surface area contributed by atoms with Crippen LogP contribution in [-0.4, -0.2) is 63.6 Å². The monoisotopic (exact) mass is 382 g/mol. The van der Waals surface area contributed by atoms with Crippen molar-refractivity contribution >= 4 is 12.1 Å². The average molecular weight is 382 g/mol. The Hall–Kier alpha value is -2.16. The Balaban J connectivity index is 0.000000289. The number of nitrogens with two attached hydrogens (primary N) is 1. The maximum absolute atomic E-state index is 11.7. The van der Waals surface area contributed by atoms with Crippen LogP contribution in [0.2, 0.25) is 0 Å². The second-order valence-corrected chi connectivity index (χ2v) is 7.43. The predicted molar refractivity (Wildman–Crippen MR) is 100 cm³/mol. The zero-order valence-electron chi connectivity index (χ0n) is 16.0. The van der Waals surface area contributed by atoms with Gasteiger partial charge in [-0.05, 0) is 39.3 Å². The standard InChI is InChI=1S/C11H22N2O3.C8H8O3/c1-11(2,3)16-10(15)13-5-4-8(6-12)9(14)7-13;9-7(8(10)11)6-4-2-1-3-5-6/h8-9,14H,4-7,12H2,1-3H3;1-5,7,9H,(H,10,11)/t8-,9+;/m0./s1. The minimum atomic E-state index is -1.41. The van der Waals surface area contributed by atoms with Crippen LogP contribution in [0, 0.1) is 5.92 Å². The zero-order valence-corrected chi connectivity index (χ0v) is 16.0. The normalized spacial score (nSPS) is 20.9. The number of aliphatic carboxylic acids is 1. The number of hydrogen-bond donors (Lipinski definition) is 4. The van der Waals surface area contributed by atoms with E-state index in [1.54, 1.807) is 35.2 Å². The highest BCUT2D eigenvalue weighted by Gasteiger charge is 2.31. The van der Waals surface area contributed by atoms with Gasteiger partial charge in [-0.15, -0.1) is 0 Å². The smallest absolute Gasteiger partial charge is 0.410 e. The van der Waals surface area contributed by atoms with Gasteiger partial charge in [-0.25, -0.2) is 9.59 Å². The number of carboxylic acids is 1. The van der Waals surface area contributed by atoms with Crippen LogP contribution in [0.1, 0.15) is 38.9 Å². The fourth-order valence-corrected chi connectivity index (χ4v) is 2.53. The predicted octanol–water partition coefficient (Wildman–Crippen LogP) is 1.37. The molecule has 2 rings (SSSR count). The Morgan fingerprint density at radius 2 is 1.89 bits per heavy atom. The van der Waals surface area contributed by atoms with Crippen molar-refractivity contribution in [3.63, 3.8) is 0 Å². The molecule has 27 heavy (non-hydrogen) atoms. The Morgan fingerprint density at radius 1 is 1.30 bits per heavy atom. The van der Waals surface area contributed by atoms with E-state index in [0.29, 0.717) is 25.2 Å². The van der Waals surface area contributed by atoms with E-state index in [0.717, 1.165) is 6.42 Å². The Morgan fingerprint density at radius 3 is 2.33 bits per heavy atom. The van der Waals surface area contributed by atoms with Crippen LogP contribution in [-0.2, 0) is 9.53 Å². The van der Waals surface area contributed by atoms with Gasteiger partial charge in [-0.3, -0.25) is 0 Å². The van der Waals surface area contributed by atoms with Crippen molar-refractivity contribution in [2.45, 2.75) is 45.0 Å². The molecule has 0 radical (unpaired) electrons. The maximum Gasteiger partial charge on any atom is 0.410 e. The number of aliphatic hydroxyl groups excluding tert-OH is 2. The SMILES string of the molecule is CC(C)(C)OC(=O)N1CC[C@@H](CN)[C@H](O)C1.O=C(O)C(O)c1ccccc1. The summed E-state index contributed by atoms with van der Waals surface area (Å²) in [6.07, 6.45) is -1.57. The summed E-state index contributed by atoms with van der Waals surface area (Å²) in [4.78, 5) is 23.5. The Kier molecular flexibility index (Phi) is 8.68. The Bertz CT molecular complexity index is 602. The summed E-state index contributed by atoms with van der Waals surface area (Å²) in [5, 5.41) is 27.1. The third kappa shape index (κ3) is 7.94. The summed E-state index contributed by atoms with van der Waals surface area (Å²) in [6, 6.07) is 8.26. The van der Waals surface area contributed by atoms with Gasteiger partial charge in [-0.2, -0.15) is 0 Å². The van der Waals surface area contributed by atoms with Crippen LogP contribution >= 0.6 is 0 Å². The third-order valence-electron chi connectivity index (χ3n) is 4.03. The van der Waals surface area contributed by atoms with Crippen molar-refractivity contribution < 1.29 is 29.6 Å². The fourth-order valence-electron chi connectivity index (χ4n) is 2.53. The van der Waals surface area contributed by atoms with Crippen LogP contribution in [0.25, 0.3) is 0 Å². The van der Waals surface area contributed by atoms with Gasteiger partial charge < -0.3 is 30.7 Å². The first-order valence-corrected chi connectivity index (χ1v) is 8.87. The van der Waals surface area contributed by atoms with E-state index in [1.807, 2.05) is 20.8 Å². The molecule has 8 heteroatoms. The number of likely N-dealkylation sites (tertiary alicyclic amines) is 1. The molecule has 0 aromatic heterocycles. The molecule has 1 heterocycles. The van der Waals surface area contributed by atoms with Gasteiger partial charge >= 0.3 is 12.1 Å². The molecule has 1 saturated heterocycles. The van der Waals surface area contributed by atoms with E-state index < -0.39 is 23.8 Å². The van der Waals surface area contributed by atoms with E-state index in [9.17, 15) is 14.7 Å². The highest BCUT2D eigenvalue weighted by molar-refractivity contribution is 5.73. The minimum absolute atomic E-state index is 0.0960. The maximum atomic E-state index is 11.7. The molecule has 1 unspecified atom stereocenters. The quantitative estimate of drug-likeness (QED) is 0.620. The van der Waals surface area contributed by atoms with Gasteiger partial charge in [0.2, 0.25) is 0 Å².